The van der Waals surface area contributed by atoms with Gasteiger partial charge in [-0.1, -0.05) is 11.6 Å². The summed E-state index contributed by atoms with van der Waals surface area (Å²) >= 11 is 11.1. The number of hydrogen-bond acceptors (Lipinski definition) is 2. The first-order chi connectivity index (χ1) is 4.74. The first-order valence-corrected chi connectivity index (χ1v) is 3.50. The van der Waals surface area contributed by atoms with Crippen molar-refractivity contribution in [3.8, 4) is 0 Å². The molecule has 1 rings (SSSR count). The zero-order valence-corrected chi connectivity index (χ0v) is 6.58. The van der Waals surface area contributed by atoms with Gasteiger partial charge in [0.15, 0.2) is 5.15 Å². The Balaban J connectivity index is 2.81. The molecule has 1 aromatic rings. The molecule has 3 nitrogen and oxygen atoms in total. The molecule has 2 N–H and O–H groups in total. The van der Waals surface area contributed by atoms with Crippen LogP contribution in [0.25, 0.3) is 0 Å². The fourth-order valence-corrected chi connectivity index (χ4v) is 1.10. The Morgan fingerprint density at radius 3 is 2.60 bits per heavy atom. The van der Waals surface area contributed by atoms with Crippen molar-refractivity contribution in [2.45, 2.75) is 6.42 Å². The highest BCUT2D eigenvalue weighted by atomic mass is 35.5. The van der Waals surface area contributed by atoms with Crippen LogP contribution in [-0.4, -0.2) is 21.7 Å². The number of halogens is 2. The van der Waals surface area contributed by atoms with Crippen LogP contribution in [0.3, 0.4) is 0 Å². The molecule has 0 saturated heterocycles. The van der Waals surface area contributed by atoms with Gasteiger partial charge in [-0.05, 0) is 11.6 Å². The second kappa shape index (κ2) is 3.23. The van der Waals surface area contributed by atoms with E-state index < -0.39 is 0 Å². The summed E-state index contributed by atoms with van der Waals surface area (Å²) in [6, 6.07) is 0. The summed E-state index contributed by atoms with van der Waals surface area (Å²) in [6.07, 6.45) is 0.457. The number of nitrogens with one attached hydrogen (secondary N) is 1. The Morgan fingerprint density at radius 1 is 1.50 bits per heavy atom. The standard InChI is InChI=1S/C5H6Cl2N2O/c6-4-3(1-2-10)8-5(7)9-4/h10H,1-2H2,(H,8,9). The SMILES string of the molecule is OCCc1[nH]c(Cl)nc1Cl. The van der Waals surface area contributed by atoms with Gasteiger partial charge in [0, 0.05) is 13.0 Å². The molecule has 0 radical (unpaired) electrons. The molecule has 5 heteroatoms. The third-order valence-electron chi connectivity index (χ3n) is 1.06. The van der Waals surface area contributed by atoms with Crippen LogP contribution in [0, 0.1) is 0 Å². The smallest absolute Gasteiger partial charge is 0.201 e. The van der Waals surface area contributed by atoms with E-state index in [0.29, 0.717) is 17.3 Å². The van der Waals surface area contributed by atoms with Gasteiger partial charge in [-0.3, -0.25) is 0 Å². The summed E-state index contributed by atoms with van der Waals surface area (Å²) in [5, 5.41) is 9.09. The number of aromatic nitrogens is 2. The van der Waals surface area contributed by atoms with E-state index in [1.807, 2.05) is 0 Å². The van der Waals surface area contributed by atoms with E-state index in [2.05, 4.69) is 9.97 Å². The van der Waals surface area contributed by atoms with Crippen molar-refractivity contribution in [2.75, 3.05) is 6.61 Å². The minimum absolute atomic E-state index is 0.0399. The average molecular weight is 181 g/mol. The van der Waals surface area contributed by atoms with E-state index >= 15 is 0 Å². The number of aromatic amines is 1. The number of hydrogen-bond donors (Lipinski definition) is 2. The summed E-state index contributed by atoms with van der Waals surface area (Å²) in [5.41, 5.74) is 0.675. The molecule has 0 aliphatic heterocycles. The van der Waals surface area contributed by atoms with Crippen molar-refractivity contribution in [1.82, 2.24) is 9.97 Å². The molecule has 10 heavy (non-hydrogen) atoms. The molecule has 0 aliphatic rings. The van der Waals surface area contributed by atoms with Crippen molar-refractivity contribution >= 4 is 23.2 Å². The number of rotatable bonds is 2. The third kappa shape index (κ3) is 1.62. The molecular weight excluding hydrogens is 175 g/mol. The topological polar surface area (TPSA) is 48.9 Å². The zero-order chi connectivity index (χ0) is 7.56. The molecule has 0 aliphatic carbocycles. The maximum absolute atomic E-state index is 8.50. The lowest BCUT2D eigenvalue weighted by Gasteiger charge is -1.89. The predicted molar refractivity (Wildman–Crippen MR) is 39.4 cm³/mol. The second-order valence-corrected chi connectivity index (χ2v) is 2.49. The van der Waals surface area contributed by atoms with Gasteiger partial charge in [0.2, 0.25) is 5.28 Å². The van der Waals surface area contributed by atoms with Crippen LogP contribution in [0.1, 0.15) is 5.69 Å². The maximum Gasteiger partial charge on any atom is 0.201 e. The summed E-state index contributed by atoms with van der Waals surface area (Å²) in [7, 11) is 0. The molecule has 0 atom stereocenters. The van der Waals surface area contributed by atoms with Gasteiger partial charge < -0.3 is 10.1 Å². The fourth-order valence-electron chi connectivity index (χ4n) is 0.635. The summed E-state index contributed by atoms with van der Waals surface area (Å²) in [5.74, 6) is 0. The molecule has 1 heterocycles. The van der Waals surface area contributed by atoms with Crippen LogP contribution in [0.5, 0.6) is 0 Å². The molecule has 56 valence electrons. The normalized spacial score (nSPS) is 10.3. The van der Waals surface area contributed by atoms with Crippen LogP contribution in [0.4, 0.5) is 0 Å². The largest absolute Gasteiger partial charge is 0.396 e. The quantitative estimate of drug-likeness (QED) is 0.721. The van der Waals surface area contributed by atoms with E-state index in [0.717, 1.165) is 0 Å². The number of aliphatic hydroxyl groups excluding tert-OH is 1. The lowest BCUT2D eigenvalue weighted by Crippen LogP contribution is -1.90. The number of imidazole rings is 1. The molecule has 0 saturated carbocycles. The molecule has 0 bridgehead atoms. The summed E-state index contributed by atoms with van der Waals surface area (Å²) < 4.78 is 0. The van der Waals surface area contributed by atoms with Crippen LogP contribution in [0.15, 0.2) is 0 Å². The Kier molecular flexibility index (Phi) is 2.54. The molecule has 0 amide bonds. The minimum Gasteiger partial charge on any atom is -0.396 e. The Morgan fingerprint density at radius 2 is 2.20 bits per heavy atom. The highest BCUT2D eigenvalue weighted by molar-refractivity contribution is 6.32. The van der Waals surface area contributed by atoms with Gasteiger partial charge in [-0.25, -0.2) is 4.98 Å². The van der Waals surface area contributed by atoms with Crippen LogP contribution in [-0.2, 0) is 6.42 Å². The molecule has 0 fully saturated rings. The van der Waals surface area contributed by atoms with Crippen LogP contribution >= 0.6 is 23.2 Å². The average Bonchev–Trinajstić information content (AvgIpc) is 2.13. The van der Waals surface area contributed by atoms with E-state index in [-0.39, 0.29) is 11.9 Å². The van der Waals surface area contributed by atoms with E-state index in [1.165, 1.54) is 0 Å². The predicted octanol–water partition coefficient (Wildman–Crippen LogP) is 1.25. The van der Waals surface area contributed by atoms with E-state index in [1.54, 1.807) is 0 Å². The maximum atomic E-state index is 8.50. The van der Waals surface area contributed by atoms with E-state index in [9.17, 15) is 0 Å². The minimum atomic E-state index is 0.0399. The van der Waals surface area contributed by atoms with Gasteiger partial charge in [0.25, 0.3) is 0 Å². The molecular formula is C5H6Cl2N2O. The van der Waals surface area contributed by atoms with Crippen LogP contribution < -0.4 is 0 Å². The monoisotopic (exact) mass is 180 g/mol. The summed E-state index contributed by atoms with van der Waals surface area (Å²) in [4.78, 5) is 6.40. The van der Waals surface area contributed by atoms with E-state index in [4.69, 9.17) is 28.3 Å². The lowest BCUT2D eigenvalue weighted by atomic mass is 10.3. The van der Waals surface area contributed by atoms with Gasteiger partial charge in [-0.2, -0.15) is 0 Å². The second-order valence-electron chi connectivity index (χ2n) is 1.77. The van der Waals surface area contributed by atoms with Crippen LogP contribution in [0.2, 0.25) is 10.4 Å². The van der Waals surface area contributed by atoms with Crippen molar-refractivity contribution in [2.24, 2.45) is 0 Å². The van der Waals surface area contributed by atoms with Crippen molar-refractivity contribution in [3.05, 3.63) is 16.1 Å². The molecule has 0 unspecified atom stereocenters. The first-order valence-electron chi connectivity index (χ1n) is 2.74. The lowest BCUT2D eigenvalue weighted by molar-refractivity contribution is 0.298. The fraction of sp³-hybridized carbons (Fsp3) is 0.400. The molecule has 0 spiro atoms. The summed E-state index contributed by atoms with van der Waals surface area (Å²) in [6.45, 7) is 0.0399. The molecule has 1 aromatic heterocycles. The van der Waals surface area contributed by atoms with Gasteiger partial charge in [0.1, 0.15) is 0 Å². The first kappa shape index (κ1) is 7.85. The van der Waals surface area contributed by atoms with Gasteiger partial charge in [-0.15, -0.1) is 0 Å². The van der Waals surface area contributed by atoms with Gasteiger partial charge in [0.05, 0.1) is 5.69 Å². The number of aliphatic hydroxyl groups is 1. The Hall–Kier alpha value is -0.250. The van der Waals surface area contributed by atoms with Crippen molar-refractivity contribution < 1.29 is 5.11 Å². The Bertz CT molecular complexity index is 223. The zero-order valence-electron chi connectivity index (χ0n) is 5.06. The molecule has 0 aromatic carbocycles. The third-order valence-corrected chi connectivity index (χ3v) is 1.55. The number of nitrogens with zero attached hydrogens (tertiary/aromatic N) is 1. The highest BCUT2D eigenvalue weighted by Crippen LogP contribution is 2.15. The Labute approximate surface area is 68.0 Å². The highest BCUT2D eigenvalue weighted by Gasteiger charge is 2.04. The van der Waals surface area contributed by atoms with Crippen molar-refractivity contribution in [1.29, 1.82) is 0 Å². The number of H-pyrrole nitrogens is 1. The van der Waals surface area contributed by atoms with Gasteiger partial charge >= 0.3 is 0 Å². The van der Waals surface area contributed by atoms with Crippen molar-refractivity contribution in [3.63, 3.8) is 0 Å².